The number of nitrogens with zero attached hydrogens (tertiary/aromatic N) is 1. The number of benzene rings is 4. The van der Waals surface area contributed by atoms with Crippen molar-refractivity contribution in [3.05, 3.63) is 137 Å². The van der Waals surface area contributed by atoms with Gasteiger partial charge in [-0.15, -0.1) is 0 Å². The van der Waals surface area contributed by atoms with E-state index < -0.39 is 35.0 Å². The van der Waals surface area contributed by atoms with Gasteiger partial charge in [-0.05, 0) is 35.4 Å². The number of hydrogen-bond donors (Lipinski definition) is 1. The Labute approximate surface area is 224 Å². The van der Waals surface area contributed by atoms with Gasteiger partial charge in [-0.1, -0.05) is 91.0 Å². The van der Waals surface area contributed by atoms with Crippen LogP contribution < -0.4 is 10.2 Å². The van der Waals surface area contributed by atoms with Crippen LogP contribution in [0.25, 0.3) is 6.08 Å². The van der Waals surface area contributed by atoms with Crippen molar-refractivity contribution in [1.29, 1.82) is 0 Å². The van der Waals surface area contributed by atoms with E-state index in [2.05, 4.69) is 5.32 Å². The Morgan fingerprint density at radius 1 is 0.795 bits per heavy atom. The van der Waals surface area contributed by atoms with Gasteiger partial charge in [0.15, 0.2) is 11.6 Å². The number of carbonyl (C=O) groups is 3. The molecule has 0 saturated carbocycles. The molecule has 0 aromatic heterocycles. The summed E-state index contributed by atoms with van der Waals surface area (Å²) in [6, 6.07) is 27.6. The van der Waals surface area contributed by atoms with Gasteiger partial charge >= 0.3 is 0 Å². The van der Waals surface area contributed by atoms with Gasteiger partial charge < -0.3 is 10.2 Å². The van der Waals surface area contributed by atoms with Crippen LogP contribution in [-0.4, -0.2) is 29.6 Å². The molecule has 6 heteroatoms. The van der Waals surface area contributed by atoms with Crippen LogP contribution in [-0.2, 0) is 10.2 Å². The molecule has 3 heterocycles. The molecular weight excluding hydrogens is 491 g/mol. The van der Waals surface area contributed by atoms with E-state index in [0.717, 1.165) is 11.3 Å². The summed E-state index contributed by atoms with van der Waals surface area (Å²) in [5, 5.41) is 3.00. The van der Waals surface area contributed by atoms with E-state index in [4.69, 9.17) is 0 Å². The number of para-hydroxylation sites is 2. The van der Waals surface area contributed by atoms with Crippen LogP contribution in [0.2, 0.25) is 0 Å². The number of halogens is 1. The van der Waals surface area contributed by atoms with Crippen molar-refractivity contribution in [2.24, 2.45) is 5.92 Å². The second-order valence-electron chi connectivity index (χ2n) is 10.1. The van der Waals surface area contributed by atoms with E-state index in [-0.39, 0.29) is 17.3 Å². The van der Waals surface area contributed by atoms with Gasteiger partial charge in [-0.25, -0.2) is 4.39 Å². The number of carbonyl (C=O) groups excluding carboxylic acids is 3. The van der Waals surface area contributed by atoms with Crippen molar-refractivity contribution >= 4 is 34.9 Å². The SMILES string of the molecule is O=C(c1ccccc1F)[C@@H]1[C@H](C(=O)c2ccccc2)[C@]2(C(=O)Nc3ccccc32)[C@H]2C=Cc3ccccc3N12. The summed E-state index contributed by atoms with van der Waals surface area (Å²) in [6.45, 7) is 0. The van der Waals surface area contributed by atoms with Crippen LogP contribution in [0.4, 0.5) is 15.8 Å². The lowest BCUT2D eigenvalue weighted by molar-refractivity contribution is -0.121. The zero-order valence-electron chi connectivity index (χ0n) is 20.8. The molecule has 39 heavy (non-hydrogen) atoms. The number of rotatable bonds is 4. The minimum Gasteiger partial charge on any atom is -0.352 e. The molecule has 1 amide bonds. The smallest absolute Gasteiger partial charge is 0.238 e. The average molecular weight is 515 g/mol. The molecule has 4 atom stereocenters. The quantitative estimate of drug-likeness (QED) is 0.356. The number of fused-ring (bicyclic) bond motifs is 6. The molecule has 3 aliphatic rings. The van der Waals surface area contributed by atoms with Crippen molar-refractivity contribution in [1.82, 2.24) is 0 Å². The van der Waals surface area contributed by atoms with Crippen molar-refractivity contribution < 1.29 is 18.8 Å². The minimum atomic E-state index is -1.42. The number of amides is 1. The van der Waals surface area contributed by atoms with E-state index in [1.54, 1.807) is 30.3 Å². The Morgan fingerprint density at radius 2 is 1.49 bits per heavy atom. The monoisotopic (exact) mass is 514 g/mol. The summed E-state index contributed by atoms with van der Waals surface area (Å²) in [5.41, 5.74) is 1.71. The molecule has 0 bridgehead atoms. The topological polar surface area (TPSA) is 66.5 Å². The van der Waals surface area contributed by atoms with Crippen LogP contribution in [0.1, 0.15) is 31.8 Å². The summed E-state index contributed by atoms with van der Waals surface area (Å²) < 4.78 is 15.1. The largest absolute Gasteiger partial charge is 0.352 e. The Morgan fingerprint density at radius 3 is 2.31 bits per heavy atom. The maximum atomic E-state index is 15.1. The van der Waals surface area contributed by atoms with Gasteiger partial charge in [-0.2, -0.15) is 0 Å². The fourth-order valence-electron chi connectivity index (χ4n) is 6.72. The Kier molecular flexibility index (Phi) is 5.13. The first-order valence-corrected chi connectivity index (χ1v) is 12.9. The van der Waals surface area contributed by atoms with E-state index in [1.165, 1.54) is 18.2 Å². The van der Waals surface area contributed by atoms with Gasteiger partial charge in [-0.3, -0.25) is 14.4 Å². The molecule has 7 rings (SSSR count). The molecule has 4 aromatic rings. The molecule has 1 fully saturated rings. The Hall–Kier alpha value is -4.84. The van der Waals surface area contributed by atoms with Crippen LogP contribution in [0.3, 0.4) is 0 Å². The Bertz CT molecular complexity index is 1700. The van der Waals surface area contributed by atoms with Crippen LogP contribution in [0.15, 0.2) is 109 Å². The van der Waals surface area contributed by atoms with E-state index >= 15 is 4.39 Å². The Balaban J connectivity index is 1.55. The van der Waals surface area contributed by atoms with Gasteiger partial charge in [0, 0.05) is 16.9 Å². The molecule has 190 valence electrons. The van der Waals surface area contributed by atoms with Crippen molar-refractivity contribution in [2.45, 2.75) is 17.5 Å². The first kappa shape index (κ1) is 23.3. The summed E-state index contributed by atoms with van der Waals surface area (Å²) in [5.74, 6) is -3.01. The van der Waals surface area contributed by atoms with Crippen LogP contribution >= 0.6 is 0 Å². The molecule has 1 saturated heterocycles. The predicted octanol–water partition coefficient (Wildman–Crippen LogP) is 5.68. The maximum absolute atomic E-state index is 15.1. The number of anilines is 2. The second kappa shape index (κ2) is 8.60. The summed E-state index contributed by atoms with van der Waals surface area (Å²) in [6.07, 6.45) is 3.84. The molecule has 0 unspecified atom stereocenters. The fourth-order valence-corrected chi connectivity index (χ4v) is 6.72. The first-order chi connectivity index (χ1) is 19.0. The third-order valence-electron chi connectivity index (χ3n) is 8.29. The highest BCUT2D eigenvalue weighted by Crippen LogP contribution is 2.58. The lowest BCUT2D eigenvalue weighted by Gasteiger charge is -2.37. The van der Waals surface area contributed by atoms with Gasteiger partial charge in [0.25, 0.3) is 0 Å². The minimum absolute atomic E-state index is 0.108. The zero-order chi connectivity index (χ0) is 26.7. The fraction of sp³-hybridized carbons (Fsp3) is 0.121. The molecule has 0 aliphatic carbocycles. The average Bonchev–Trinajstić information content (AvgIpc) is 3.45. The third-order valence-corrected chi connectivity index (χ3v) is 8.29. The lowest BCUT2D eigenvalue weighted by Crippen LogP contribution is -2.51. The van der Waals surface area contributed by atoms with Crippen LogP contribution in [0.5, 0.6) is 0 Å². The highest BCUT2D eigenvalue weighted by molar-refractivity contribution is 6.18. The van der Waals surface area contributed by atoms with Crippen molar-refractivity contribution in [2.75, 3.05) is 10.2 Å². The highest BCUT2D eigenvalue weighted by atomic mass is 19.1. The van der Waals surface area contributed by atoms with Gasteiger partial charge in [0.1, 0.15) is 17.3 Å². The lowest BCUT2D eigenvalue weighted by atomic mass is 9.64. The van der Waals surface area contributed by atoms with E-state index in [9.17, 15) is 14.4 Å². The van der Waals surface area contributed by atoms with Crippen molar-refractivity contribution in [3.63, 3.8) is 0 Å². The molecule has 1 N–H and O–H groups in total. The van der Waals surface area contributed by atoms with E-state index in [0.29, 0.717) is 16.8 Å². The first-order valence-electron chi connectivity index (χ1n) is 12.9. The standard InChI is InChI=1S/C33H23FN2O3/c34-24-15-7-5-13-22(24)31(38)29-28(30(37)21-11-2-1-3-12-21)33(23-14-6-8-16-25(23)35-32(33)39)27-19-18-20-10-4-9-17-26(20)36(27)29/h1-19,27-29H,(H,35,39)/t27-,28-,29+,33-/m1/s1. The number of hydrogen-bond acceptors (Lipinski definition) is 4. The molecule has 0 radical (unpaired) electrons. The van der Waals surface area contributed by atoms with Crippen molar-refractivity contribution in [3.8, 4) is 0 Å². The molecule has 3 aliphatic heterocycles. The summed E-state index contributed by atoms with van der Waals surface area (Å²) in [4.78, 5) is 45.1. The number of nitrogens with one attached hydrogen (secondary N) is 1. The zero-order valence-corrected chi connectivity index (χ0v) is 20.8. The van der Waals surface area contributed by atoms with Gasteiger partial charge in [0.05, 0.1) is 17.5 Å². The number of Topliss-reactive ketones (excluding diaryl/α,β-unsaturated/α-hetero) is 2. The third kappa shape index (κ3) is 3.15. The summed E-state index contributed by atoms with van der Waals surface area (Å²) in [7, 11) is 0. The summed E-state index contributed by atoms with van der Waals surface area (Å²) >= 11 is 0. The highest BCUT2D eigenvalue weighted by Gasteiger charge is 2.70. The number of ketones is 2. The maximum Gasteiger partial charge on any atom is 0.238 e. The molecule has 5 nitrogen and oxygen atoms in total. The second-order valence-corrected chi connectivity index (χ2v) is 10.1. The normalized spacial score (nSPS) is 24.2. The van der Waals surface area contributed by atoms with Gasteiger partial charge in [0.2, 0.25) is 5.91 Å². The van der Waals surface area contributed by atoms with E-state index in [1.807, 2.05) is 71.6 Å². The molecular formula is C33H23FN2O3. The molecule has 4 aromatic carbocycles. The van der Waals surface area contributed by atoms with Crippen LogP contribution in [0, 0.1) is 11.7 Å². The molecule has 1 spiro atoms. The predicted molar refractivity (Wildman–Crippen MR) is 147 cm³/mol.